The maximum absolute atomic E-state index is 11.9. The first-order valence-corrected chi connectivity index (χ1v) is 9.67. The Kier molecular flexibility index (Phi) is 6.20. The number of furan rings is 1. The Labute approximate surface area is 143 Å². The zero-order chi connectivity index (χ0) is 17.7. The summed E-state index contributed by atoms with van der Waals surface area (Å²) in [6, 6.07) is 3.88. The lowest BCUT2D eigenvalue weighted by Crippen LogP contribution is -2.21. The number of aromatic nitrogens is 2. The van der Waals surface area contributed by atoms with Gasteiger partial charge in [-0.1, -0.05) is 0 Å². The molecule has 0 aliphatic carbocycles. The zero-order valence-corrected chi connectivity index (χ0v) is 15.5. The topological polar surface area (TPSA) is 77.6 Å². The molecule has 0 aromatic carbocycles. The van der Waals surface area contributed by atoms with Gasteiger partial charge in [-0.15, -0.1) is 0 Å². The molecule has 0 N–H and O–H groups in total. The Bertz CT molecular complexity index is 764. The molecule has 0 unspecified atom stereocenters. The Morgan fingerprint density at radius 2 is 2.08 bits per heavy atom. The Hall–Kier alpha value is -1.64. The summed E-state index contributed by atoms with van der Waals surface area (Å²) in [4.78, 5) is 6.18. The first-order valence-electron chi connectivity index (χ1n) is 7.78. The van der Waals surface area contributed by atoms with E-state index in [1.54, 1.807) is 17.9 Å². The third kappa shape index (κ3) is 4.93. The smallest absolute Gasteiger partial charge is 0.227 e. The molecule has 2 aromatic rings. The molecule has 134 valence electrons. The fourth-order valence-electron chi connectivity index (χ4n) is 2.59. The minimum Gasteiger partial charge on any atom is -0.465 e. The summed E-state index contributed by atoms with van der Waals surface area (Å²) < 4.78 is 36.3. The van der Waals surface area contributed by atoms with Crippen molar-refractivity contribution >= 4 is 9.84 Å². The van der Waals surface area contributed by atoms with Crippen molar-refractivity contribution in [2.24, 2.45) is 0 Å². The van der Waals surface area contributed by atoms with Crippen molar-refractivity contribution in [3.8, 4) is 0 Å². The van der Waals surface area contributed by atoms with Crippen molar-refractivity contribution in [2.75, 3.05) is 27.0 Å². The van der Waals surface area contributed by atoms with Gasteiger partial charge in [0.15, 0.2) is 0 Å². The van der Waals surface area contributed by atoms with Crippen LogP contribution in [0.5, 0.6) is 0 Å². The lowest BCUT2D eigenvalue weighted by Gasteiger charge is -2.17. The number of rotatable bonds is 9. The van der Waals surface area contributed by atoms with Crippen LogP contribution >= 0.6 is 0 Å². The molecule has 24 heavy (non-hydrogen) atoms. The van der Waals surface area contributed by atoms with Gasteiger partial charge < -0.3 is 13.7 Å². The van der Waals surface area contributed by atoms with E-state index in [1.807, 2.05) is 26.1 Å². The quantitative estimate of drug-likeness (QED) is 0.639. The summed E-state index contributed by atoms with van der Waals surface area (Å²) in [6.07, 6.45) is 3.54. The number of ether oxygens (including phenoxy) is 1. The van der Waals surface area contributed by atoms with Gasteiger partial charge in [0.1, 0.15) is 11.5 Å². The highest BCUT2D eigenvalue weighted by molar-refractivity contribution is 7.90. The van der Waals surface area contributed by atoms with Crippen LogP contribution in [-0.2, 0) is 34.2 Å². The zero-order valence-electron chi connectivity index (χ0n) is 14.7. The van der Waals surface area contributed by atoms with E-state index in [4.69, 9.17) is 9.15 Å². The molecule has 0 bridgehead atoms. The maximum atomic E-state index is 11.9. The number of hydrogen-bond donors (Lipinski definition) is 0. The largest absolute Gasteiger partial charge is 0.465 e. The van der Waals surface area contributed by atoms with Gasteiger partial charge in [0.25, 0.3) is 0 Å². The highest BCUT2D eigenvalue weighted by Crippen LogP contribution is 2.16. The van der Waals surface area contributed by atoms with Gasteiger partial charge in [0, 0.05) is 33.1 Å². The third-order valence-electron chi connectivity index (χ3n) is 3.62. The van der Waals surface area contributed by atoms with Gasteiger partial charge in [-0.2, -0.15) is 0 Å². The molecule has 0 saturated heterocycles. The van der Waals surface area contributed by atoms with Crippen LogP contribution in [-0.4, -0.2) is 49.9 Å². The second-order valence-electron chi connectivity index (χ2n) is 5.99. The maximum Gasteiger partial charge on any atom is 0.227 e. The minimum absolute atomic E-state index is 0.107. The van der Waals surface area contributed by atoms with Crippen molar-refractivity contribution in [2.45, 2.75) is 38.1 Å². The van der Waals surface area contributed by atoms with Crippen LogP contribution in [0.3, 0.4) is 0 Å². The second kappa shape index (κ2) is 7.96. The predicted octanol–water partition coefficient (Wildman–Crippen LogP) is 1.86. The van der Waals surface area contributed by atoms with E-state index in [2.05, 4.69) is 9.88 Å². The van der Waals surface area contributed by atoms with Crippen molar-refractivity contribution < 1.29 is 17.6 Å². The Balaban J connectivity index is 2.14. The fraction of sp³-hybridized carbons (Fsp3) is 0.562. The SMILES string of the molecule is COCCCn1c(CN(C)Cc2ccc(C)o2)cnc1S(C)(=O)=O. The van der Waals surface area contributed by atoms with E-state index in [-0.39, 0.29) is 5.16 Å². The lowest BCUT2D eigenvalue weighted by molar-refractivity contribution is 0.188. The number of imidazole rings is 1. The molecule has 0 saturated carbocycles. The van der Waals surface area contributed by atoms with Crippen LogP contribution in [0.1, 0.15) is 23.6 Å². The van der Waals surface area contributed by atoms with E-state index in [1.165, 1.54) is 6.26 Å². The van der Waals surface area contributed by atoms with Gasteiger partial charge in [-0.25, -0.2) is 13.4 Å². The van der Waals surface area contributed by atoms with Crippen molar-refractivity contribution in [3.63, 3.8) is 0 Å². The molecule has 0 aliphatic heterocycles. The molecule has 0 atom stereocenters. The molecular weight excluding hydrogens is 330 g/mol. The molecule has 2 rings (SSSR count). The average Bonchev–Trinajstić information content (AvgIpc) is 3.06. The van der Waals surface area contributed by atoms with Crippen LogP contribution in [0.15, 0.2) is 27.9 Å². The number of hydrogen-bond acceptors (Lipinski definition) is 6. The van der Waals surface area contributed by atoms with Gasteiger partial charge in [0.05, 0.1) is 18.4 Å². The number of methoxy groups -OCH3 is 1. The molecule has 7 nitrogen and oxygen atoms in total. The Morgan fingerprint density at radius 3 is 2.67 bits per heavy atom. The molecule has 0 spiro atoms. The fourth-order valence-corrected chi connectivity index (χ4v) is 3.44. The van der Waals surface area contributed by atoms with Crippen LogP contribution in [0.2, 0.25) is 0 Å². The van der Waals surface area contributed by atoms with E-state index in [0.29, 0.717) is 26.2 Å². The lowest BCUT2D eigenvalue weighted by atomic mass is 10.3. The molecule has 0 radical (unpaired) electrons. The molecule has 0 amide bonds. The molecule has 2 heterocycles. The molecular formula is C16H25N3O4S. The molecule has 2 aromatic heterocycles. The van der Waals surface area contributed by atoms with Crippen molar-refractivity contribution in [3.05, 3.63) is 35.5 Å². The summed E-state index contributed by atoms with van der Waals surface area (Å²) in [7, 11) is 0.226. The third-order valence-corrected chi connectivity index (χ3v) is 4.61. The number of aryl methyl sites for hydroxylation is 1. The summed E-state index contributed by atoms with van der Waals surface area (Å²) in [5, 5.41) is 0.107. The molecule has 0 aliphatic rings. The molecule has 8 heteroatoms. The van der Waals surface area contributed by atoms with Gasteiger partial charge in [-0.05, 0) is 32.5 Å². The first-order chi connectivity index (χ1) is 11.3. The van der Waals surface area contributed by atoms with Crippen LogP contribution in [0.4, 0.5) is 0 Å². The normalized spacial score (nSPS) is 12.2. The van der Waals surface area contributed by atoms with Crippen LogP contribution < -0.4 is 0 Å². The Morgan fingerprint density at radius 1 is 1.33 bits per heavy atom. The van der Waals surface area contributed by atoms with Crippen molar-refractivity contribution in [1.29, 1.82) is 0 Å². The number of nitrogens with zero attached hydrogens (tertiary/aromatic N) is 3. The van der Waals surface area contributed by atoms with Gasteiger partial charge >= 0.3 is 0 Å². The van der Waals surface area contributed by atoms with Crippen LogP contribution in [0.25, 0.3) is 0 Å². The average molecular weight is 355 g/mol. The van der Waals surface area contributed by atoms with Crippen molar-refractivity contribution in [1.82, 2.24) is 14.5 Å². The summed E-state index contributed by atoms with van der Waals surface area (Å²) in [5.74, 6) is 1.76. The highest BCUT2D eigenvalue weighted by atomic mass is 32.2. The summed E-state index contributed by atoms with van der Waals surface area (Å²) in [5.41, 5.74) is 0.859. The summed E-state index contributed by atoms with van der Waals surface area (Å²) in [6.45, 7) is 4.26. The summed E-state index contributed by atoms with van der Waals surface area (Å²) >= 11 is 0. The van der Waals surface area contributed by atoms with Gasteiger partial charge in [-0.3, -0.25) is 4.90 Å². The first kappa shape index (κ1) is 18.7. The second-order valence-corrected chi connectivity index (χ2v) is 7.90. The monoisotopic (exact) mass is 355 g/mol. The standard InChI is InChI=1S/C16H25N3O4S/c1-13-6-7-15(23-13)12-18(2)11-14-10-17-16(24(4,20)21)19(14)8-5-9-22-3/h6-7,10H,5,8-9,11-12H2,1-4H3. The van der Waals surface area contributed by atoms with E-state index < -0.39 is 9.84 Å². The highest BCUT2D eigenvalue weighted by Gasteiger charge is 2.19. The van der Waals surface area contributed by atoms with Crippen LogP contribution in [0, 0.1) is 6.92 Å². The van der Waals surface area contributed by atoms with Gasteiger partial charge in [0.2, 0.25) is 15.0 Å². The molecule has 0 fully saturated rings. The number of sulfone groups is 1. The minimum atomic E-state index is -3.37. The van der Waals surface area contributed by atoms with E-state index in [0.717, 1.165) is 23.6 Å². The van der Waals surface area contributed by atoms with E-state index in [9.17, 15) is 8.42 Å². The van der Waals surface area contributed by atoms with E-state index >= 15 is 0 Å². The predicted molar refractivity (Wildman–Crippen MR) is 90.4 cm³/mol.